The molecule has 7 nitrogen and oxygen atoms in total. The van der Waals surface area contributed by atoms with Gasteiger partial charge in [-0.15, -0.1) is 0 Å². The van der Waals surface area contributed by atoms with Crippen LogP contribution in [0.15, 0.2) is 12.4 Å². The Labute approximate surface area is 116 Å². The van der Waals surface area contributed by atoms with Gasteiger partial charge in [0.05, 0.1) is 0 Å². The fourth-order valence-electron chi connectivity index (χ4n) is 2.38. The summed E-state index contributed by atoms with van der Waals surface area (Å²) in [6, 6.07) is 0. The van der Waals surface area contributed by atoms with Crippen LogP contribution < -0.4 is 5.73 Å². The number of hydrogen-bond donors (Lipinski definition) is 1. The Morgan fingerprint density at radius 2 is 1.65 bits per heavy atom. The second-order valence-corrected chi connectivity index (χ2v) is 5.18. The summed E-state index contributed by atoms with van der Waals surface area (Å²) in [5.41, 5.74) is 5.86. The van der Waals surface area contributed by atoms with Gasteiger partial charge in [0.15, 0.2) is 11.5 Å². The number of carbonyl (C=O) groups excluding carboxylic acids is 2. The number of nitrogens with zero attached hydrogens (tertiary/aromatic N) is 4. The standard InChI is InChI=1S/C13H17N5O2/c14-11-10(15-3-4-16-11)13(20)18-7-5-17(6-8-18)12(19)9-1-2-9/h3-4,9H,1-2,5-8H2,(H2,14,16). The van der Waals surface area contributed by atoms with E-state index in [4.69, 9.17) is 5.73 Å². The molecular weight excluding hydrogens is 258 g/mol. The van der Waals surface area contributed by atoms with E-state index in [1.54, 1.807) is 4.90 Å². The fraction of sp³-hybridized carbons (Fsp3) is 0.538. The average molecular weight is 275 g/mol. The number of nitrogen functional groups attached to an aromatic ring is 1. The monoisotopic (exact) mass is 275 g/mol. The summed E-state index contributed by atoms with van der Waals surface area (Å²) in [4.78, 5) is 35.6. The Kier molecular flexibility index (Phi) is 3.25. The van der Waals surface area contributed by atoms with Crippen molar-refractivity contribution in [2.24, 2.45) is 5.92 Å². The van der Waals surface area contributed by atoms with Gasteiger partial charge in [0.1, 0.15) is 0 Å². The molecule has 0 unspecified atom stereocenters. The second kappa shape index (κ2) is 5.07. The zero-order valence-corrected chi connectivity index (χ0v) is 11.2. The third-order valence-electron chi connectivity index (χ3n) is 3.73. The smallest absolute Gasteiger partial charge is 0.276 e. The second-order valence-electron chi connectivity index (χ2n) is 5.18. The topological polar surface area (TPSA) is 92.4 Å². The highest BCUT2D eigenvalue weighted by molar-refractivity contribution is 5.96. The minimum atomic E-state index is -0.214. The van der Waals surface area contributed by atoms with Crippen LogP contribution >= 0.6 is 0 Å². The number of aromatic nitrogens is 2. The van der Waals surface area contributed by atoms with Crippen molar-refractivity contribution >= 4 is 17.6 Å². The van der Waals surface area contributed by atoms with Crippen LogP contribution in [0.25, 0.3) is 0 Å². The molecule has 2 fully saturated rings. The van der Waals surface area contributed by atoms with Crippen molar-refractivity contribution in [3.63, 3.8) is 0 Å². The van der Waals surface area contributed by atoms with Gasteiger partial charge < -0.3 is 15.5 Å². The summed E-state index contributed by atoms with van der Waals surface area (Å²) in [6.07, 6.45) is 4.93. The minimum absolute atomic E-state index is 0.147. The molecule has 0 bridgehead atoms. The van der Waals surface area contributed by atoms with Crippen molar-refractivity contribution in [1.82, 2.24) is 19.8 Å². The summed E-state index contributed by atoms with van der Waals surface area (Å²) in [5, 5.41) is 0. The maximum atomic E-state index is 12.3. The predicted octanol–water partition coefficient (Wildman–Crippen LogP) is -0.247. The maximum Gasteiger partial charge on any atom is 0.276 e. The van der Waals surface area contributed by atoms with Crippen molar-refractivity contribution < 1.29 is 9.59 Å². The predicted molar refractivity (Wildman–Crippen MR) is 71.7 cm³/mol. The lowest BCUT2D eigenvalue weighted by molar-refractivity contribution is -0.134. The molecule has 7 heteroatoms. The summed E-state index contributed by atoms with van der Waals surface area (Å²) >= 11 is 0. The van der Waals surface area contributed by atoms with Gasteiger partial charge in [-0.2, -0.15) is 0 Å². The van der Waals surface area contributed by atoms with E-state index in [2.05, 4.69) is 9.97 Å². The molecule has 0 atom stereocenters. The largest absolute Gasteiger partial charge is 0.382 e. The van der Waals surface area contributed by atoms with E-state index in [9.17, 15) is 9.59 Å². The van der Waals surface area contributed by atoms with Crippen LogP contribution in [-0.4, -0.2) is 57.8 Å². The highest BCUT2D eigenvalue weighted by Crippen LogP contribution is 2.31. The number of amides is 2. The molecule has 2 aliphatic rings. The number of rotatable bonds is 2. The molecule has 0 radical (unpaired) electrons. The molecule has 1 aliphatic carbocycles. The molecule has 106 valence electrons. The Morgan fingerprint density at radius 1 is 1.05 bits per heavy atom. The quantitative estimate of drug-likeness (QED) is 0.803. The van der Waals surface area contributed by atoms with Crippen LogP contribution in [-0.2, 0) is 4.79 Å². The lowest BCUT2D eigenvalue weighted by Gasteiger charge is -2.34. The zero-order chi connectivity index (χ0) is 14.1. The van der Waals surface area contributed by atoms with Gasteiger partial charge >= 0.3 is 0 Å². The van der Waals surface area contributed by atoms with E-state index in [-0.39, 0.29) is 29.2 Å². The normalized spacial score (nSPS) is 19.0. The molecule has 1 saturated carbocycles. The van der Waals surface area contributed by atoms with Gasteiger partial charge in [-0.25, -0.2) is 9.97 Å². The van der Waals surface area contributed by atoms with Gasteiger partial charge in [0.2, 0.25) is 5.91 Å². The molecule has 1 aromatic rings. The zero-order valence-electron chi connectivity index (χ0n) is 11.2. The molecule has 20 heavy (non-hydrogen) atoms. The van der Waals surface area contributed by atoms with Crippen molar-refractivity contribution in [3.8, 4) is 0 Å². The molecule has 1 aromatic heterocycles. The van der Waals surface area contributed by atoms with Gasteiger partial charge in [-0.05, 0) is 12.8 Å². The molecule has 2 heterocycles. The van der Waals surface area contributed by atoms with Gasteiger partial charge in [0.25, 0.3) is 5.91 Å². The van der Waals surface area contributed by atoms with Crippen LogP contribution in [0.3, 0.4) is 0 Å². The Morgan fingerprint density at radius 3 is 2.25 bits per heavy atom. The van der Waals surface area contributed by atoms with E-state index in [0.29, 0.717) is 26.2 Å². The first kappa shape index (κ1) is 12.8. The van der Waals surface area contributed by atoms with Gasteiger partial charge in [-0.1, -0.05) is 0 Å². The van der Waals surface area contributed by atoms with E-state index < -0.39 is 0 Å². The molecule has 2 amide bonds. The number of hydrogen-bond acceptors (Lipinski definition) is 5. The number of piperazine rings is 1. The van der Waals surface area contributed by atoms with Crippen molar-refractivity contribution in [1.29, 1.82) is 0 Å². The van der Waals surface area contributed by atoms with Crippen LogP contribution in [0.5, 0.6) is 0 Å². The van der Waals surface area contributed by atoms with Gasteiger partial charge in [0, 0.05) is 44.5 Å². The van der Waals surface area contributed by atoms with E-state index in [1.807, 2.05) is 4.90 Å². The van der Waals surface area contributed by atoms with Crippen molar-refractivity contribution in [3.05, 3.63) is 18.1 Å². The molecule has 1 saturated heterocycles. The van der Waals surface area contributed by atoms with E-state index in [0.717, 1.165) is 12.8 Å². The Bertz CT molecular complexity index is 535. The van der Waals surface area contributed by atoms with Crippen LogP contribution in [0.1, 0.15) is 23.3 Å². The summed E-state index contributed by atoms with van der Waals surface area (Å²) in [6.45, 7) is 2.21. The van der Waals surface area contributed by atoms with E-state index >= 15 is 0 Å². The fourth-order valence-corrected chi connectivity index (χ4v) is 2.38. The lowest BCUT2D eigenvalue weighted by Crippen LogP contribution is -2.51. The Balaban J connectivity index is 1.61. The summed E-state index contributed by atoms with van der Waals surface area (Å²) in [7, 11) is 0. The van der Waals surface area contributed by atoms with Crippen LogP contribution in [0.4, 0.5) is 5.82 Å². The minimum Gasteiger partial charge on any atom is -0.382 e. The number of anilines is 1. The summed E-state index contributed by atoms with van der Waals surface area (Å²) < 4.78 is 0. The molecule has 0 spiro atoms. The third kappa shape index (κ3) is 2.43. The molecule has 2 N–H and O–H groups in total. The highest BCUT2D eigenvalue weighted by atomic mass is 16.2. The SMILES string of the molecule is Nc1nccnc1C(=O)N1CCN(C(=O)C2CC2)CC1. The average Bonchev–Trinajstić information content (AvgIpc) is 3.31. The lowest BCUT2D eigenvalue weighted by atomic mass is 10.2. The summed E-state index contributed by atoms with van der Waals surface area (Å²) in [5.74, 6) is 0.395. The van der Waals surface area contributed by atoms with Crippen LogP contribution in [0, 0.1) is 5.92 Å². The number of carbonyl (C=O) groups is 2. The van der Waals surface area contributed by atoms with Crippen molar-refractivity contribution in [2.75, 3.05) is 31.9 Å². The third-order valence-corrected chi connectivity index (χ3v) is 3.73. The highest BCUT2D eigenvalue weighted by Gasteiger charge is 2.35. The molecule has 1 aliphatic heterocycles. The van der Waals surface area contributed by atoms with Gasteiger partial charge in [-0.3, -0.25) is 9.59 Å². The molecular formula is C13H17N5O2. The first-order valence-electron chi connectivity index (χ1n) is 6.81. The first-order chi connectivity index (χ1) is 9.66. The van der Waals surface area contributed by atoms with E-state index in [1.165, 1.54) is 12.4 Å². The molecule has 3 rings (SSSR count). The Hall–Kier alpha value is -2.18. The molecule has 0 aromatic carbocycles. The maximum absolute atomic E-state index is 12.3. The van der Waals surface area contributed by atoms with Crippen LogP contribution in [0.2, 0.25) is 0 Å². The number of nitrogens with two attached hydrogens (primary N) is 1. The van der Waals surface area contributed by atoms with Crippen molar-refractivity contribution in [2.45, 2.75) is 12.8 Å². The first-order valence-corrected chi connectivity index (χ1v) is 6.81.